The number of aliphatic imine (C=N–C) groups is 1. The Morgan fingerprint density at radius 1 is 1.23 bits per heavy atom. The number of methoxy groups -OCH3 is 2. The van der Waals surface area contributed by atoms with Crippen LogP contribution in [-0.2, 0) is 28.5 Å². The van der Waals surface area contributed by atoms with Gasteiger partial charge in [0.05, 0.1) is 32.5 Å². The minimum Gasteiger partial charge on any atom is -0.468 e. The molecule has 2 aromatic rings. The third kappa shape index (κ3) is 6.53. The summed E-state index contributed by atoms with van der Waals surface area (Å²) in [4.78, 5) is 49.3. The average Bonchev–Trinajstić information content (AvgIpc) is 3.27. The van der Waals surface area contributed by atoms with Crippen molar-refractivity contribution in [2.24, 2.45) is 16.3 Å². The first kappa shape index (κ1) is 30.9. The molecule has 0 amide bonds. The van der Waals surface area contributed by atoms with E-state index >= 15 is 0 Å². The van der Waals surface area contributed by atoms with Crippen molar-refractivity contribution >= 4 is 46.9 Å². The van der Waals surface area contributed by atoms with E-state index in [1.807, 2.05) is 4.90 Å². The topological polar surface area (TPSA) is 129 Å². The van der Waals surface area contributed by atoms with Gasteiger partial charge in [-0.2, -0.15) is 0 Å². The van der Waals surface area contributed by atoms with Gasteiger partial charge in [0.2, 0.25) is 0 Å². The summed E-state index contributed by atoms with van der Waals surface area (Å²) in [6.45, 7) is 4.28. The van der Waals surface area contributed by atoms with Crippen molar-refractivity contribution in [1.82, 2.24) is 15.2 Å². The van der Waals surface area contributed by atoms with Crippen LogP contribution in [0, 0.1) is 17.2 Å². The fraction of sp³-hybridized carbons (Fsp3) is 0.483. The molecule has 2 fully saturated rings. The molecule has 1 saturated carbocycles. The molecular formula is C29H32ClFN4O7S. The van der Waals surface area contributed by atoms with E-state index in [-0.39, 0.29) is 41.2 Å². The summed E-state index contributed by atoms with van der Waals surface area (Å²) >= 11 is 7.81. The second-order valence-corrected chi connectivity index (χ2v) is 12.3. The number of aromatic nitrogens is 1. The van der Waals surface area contributed by atoms with Gasteiger partial charge in [0.25, 0.3) is 0 Å². The third-order valence-electron chi connectivity index (χ3n) is 7.91. The van der Waals surface area contributed by atoms with Crippen molar-refractivity contribution in [3.05, 3.63) is 62.5 Å². The van der Waals surface area contributed by atoms with E-state index < -0.39 is 36.0 Å². The molecule has 3 heterocycles. The van der Waals surface area contributed by atoms with Crippen LogP contribution in [0.1, 0.15) is 43.3 Å². The lowest BCUT2D eigenvalue weighted by Gasteiger charge is -2.31. The first-order chi connectivity index (χ1) is 20.5. The Hall–Kier alpha value is -3.55. The summed E-state index contributed by atoms with van der Waals surface area (Å²) in [6.07, 6.45) is 1.86. The minimum absolute atomic E-state index is 0.0379. The van der Waals surface area contributed by atoms with Crippen molar-refractivity contribution < 1.29 is 37.7 Å². The van der Waals surface area contributed by atoms with Crippen molar-refractivity contribution in [3.63, 3.8) is 0 Å². The molecule has 43 heavy (non-hydrogen) atoms. The number of thiazole rings is 1. The molecule has 1 N–H and O–H groups in total. The van der Waals surface area contributed by atoms with Crippen molar-refractivity contribution in [2.75, 3.05) is 33.9 Å². The van der Waals surface area contributed by atoms with Gasteiger partial charge >= 0.3 is 18.1 Å². The number of ether oxygens (including phenoxy) is 4. The highest BCUT2D eigenvalue weighted by atomic mass is 35.5. The third-order valence-corrected chi connectivity index (χ3v) is 9.02. The molecule has 1 aromatic heterocycles. The van der Waals surface area contributed by atoms with Crippen molar-refractivity contribution in [2.45, 2.75) is 44.9 Å². The fourth-order valence-electron chi connectivity index (χ4n) is 5.81. The summed E-state index contributed by atoms with van der Waals surface area (Å²) in [5, 5.41) is 5.71. The molecule has 1 saturated heterocycles. The maximum absolute atomic E-state index is 14.0. The molecule has 3 aliphatic rings. The van der Waals surface area contributed by atoms with Gasteiger partial charge in [-0.3, -0.25) is 14.7 Å². The van der Waals surface area contributed by atoms with Crippen LogP contribution in [0.4, 0.5) is 9.18 Å². The van der Waals surface area contributed by atoms with Crippen LogP contribution >= 0.6 is 22.9 Å². The van der Waals surface area contributed by atoms with Crippen LogP contribution in [0.2, 0.25) is 5.02 Å². The van der Waals surface area contributed by atoms with Gasteiger partial charge < -0.3 is 24.3 Å². The van der Waals surface area contributed by atoms with Gasteiger partial charge in [0.15, 0.2) is 10.8 Å². The number of nitrogens with one attached hydrogen (secondary N) is 1. The molecule has 14 heteroatoms. The molecule has 0 bridgehead atoms. The summed E-state index contributed by atoms with van der Waals surface area (Å²) < 4.78 is 34.7. The molecule has 1 spiro atoms. The number of rotatable bonds is 9. The van der Waals surface area contributed by atoms with Crippen LogP contribution < -0.4 is 5.32 Å². The average molecular weight is 635 g/mol. The van der Waals surface area contributed by atoms with Crippen LogP contribution in [0.15, 0.2) is 46.0 Å². The number of esters is 2. The summed E-state index contributed by atoms with van der Waals surface area (Å²) in [5.41, 5.74) is 0.751. The van der Waals surface area contributed by atoms with Gasteiger partial charge in [-0.1, -0.05) is 17.7 Å². The SMILES string of the molecule is COC(=O)C1=C(CN2CC3(CC2C(=O)OC)C[C@@H]3COC(=O)OC(C)C)NC(c2nccs2)=NC1c1ccc(F)cc1Cl. The molecule has 3 unspecified atom stereocenters. The van der Waals surface area contributed by atoms with Gasteiger partial charge in [0.1, 0.15) is 17.9 Å². The van der Waals surface area contributed by atoms with Gasteiger partial charge in [-0.15, -0.1) is 11.3 Å². The van der Waals surface area contributed by atoms with E-state index in [1.165, 1.54) is 37.7 Å². The van der Waals surface area contributed by atoms with E-state index in [4.69, 9.17) is 35.5 Å². The highest BCUT2D eigenvalue weighted by Gasteiger charge is 2.62. The first-order valence-corrected chi connectivity index (χ1v) is 15.0. The number of hydrogen-bond acceptors (Lipinski definition) is 12. The molecule has 2 aliphatic heterocycles. The quantitative estimate of drug-likeness (QED) is 0.315. The summed E-state index contributed by atoms with van der Waals surface area (Å²) in [7, 11) is 2.59. The molecule has 230 valence electrons. The largest absolute Gasteiger partial charge is 0.508 e. The highest BCUT2D eigenvalue weighted by molar-refractivity contribution is 7.11. The fourth-order valence-corrected chi connectivity index (χ4v) is 6.66. The van der Waals surface area contributed by atoms with E-state index in [1.54, 1.807) is 25.4 Å². The Morgan fingerprint density at radius 3 is 2.67 bits per heavy atom. The number of carbonyl (C=O) groups excluding carboxylic acids is 3. The second-order valence-electron chi connectivity index (χ2n) is 11.0. The highest BCUT2D eigenvalue weighted by Crippen LogP contribution is 2.60. The first-order valence-electron chi connectivity index (χ1n) is 13.7. The zero-order chi connectivity index (χ0) is 30.9. The van der Waals surface area contributed by atoms with Crippen LogP contribution in [0.5, 0.6) is 0 Å². The van der Waals surface area contributed by atoms with Gasteiger partial charge in [0, 0.05) is 46.9 Å². The van der Waals surface area contributed by atoms with E-state index in [9.17, 15) is 18.8 Å². The molecule has 1 aliphatic carbocycles. The number of halogens is 2. The van der Waals surface area contributed by atoms with Crippen molar-refractivity contribution in [3.8, 4) is 0 Å². The van der Waals surface area contributed by atoms with Crippen molar-refractivity contribution in [1.29, 1.82) is 0 Å². The van der Waals surface area contributed by atoms with E-state index in [0.29, 0.717) is 35.1 Å². The lowest BCUT2D eigenvalue weighted by atomic mass is 9.95. The number of carbonyl (C=O) groups is 3. The number of hydrogen-bond donors (Lipinski definition) is 1. The molecular weight excluding hydrogens is 603 g/mol. The molecule has 1 aromatic carbocycles. The van der Waals surface area contributed by atoms with E-state index in [0.717, 1.165) is 12.5 Å². The summed E-state index contributed by atoms with van der Waals surface area (Å²) in [5.74, 6) is -1.16. The van der Waals surface area contributed by atoms with Gasteiger partial charge in [-0.05, 0) is 44.2 Å². The Kier molecular flexibility index (Phi) is 9.04. The number of likely N-dealkylation sites (tertiary alicyclic amines) is 1. The maximum Gasteiger partial charge on any atom is 0.508 e. The van der Waals surface area contributed by atoms with Crippen LogP contribution in [-0.4, -0.2) is 79.9 Å². The Labute approximate surface area is 257 Å². The van der Waals surface area contributed by atoms with E-state index in [2.05, 4.69) is 10.3 Å². The maximum atomic E-state index is 14.0. The lowest BCUT2D eigenvalue weighted by molar-refractivity contribution is -0.145. The Morgan fingerprint density at radius 2 is 2.02 bits per heavy atom. The predicted octanol–water partition coefficient (Wildman–Crippen LogP) is 4.27. The Bertz CT molecular complexity index is 1470. The zero-order valence-corrected chi connectivity index (χ0v) is 25.7. The molecule has 4 atom stereocenters. The van der Waals surface area contributed by atoms with Crippen LogP contribution in [0.3, 0.4) is 0 Å². The lowest BCUT2D eigenvalue weighted by Crippen LogP contribution is -2.43. The van der Waals surface area contributed by atoms with Gasteiger partial charge in [-0.25, -0.2) is 19.0 Å². The zero-order valence-electron chi connectivity index (χ0n) is 24.1. The second kappa shape index (κ2) is 12.6. The predicted molar refractivity (Wildman–Crippen MR) is 155 cm³/mol. The molecule has 0 radical (unpaired) electrons. The normalized spacial score (nSPS) is 24.9. The standard InChI is InChI=1S/C29H32ClFN4O7S/c1-15(2)42-28(38)41-13-16-10-29(16)11-21(26(36)39-3)35(14-29)12-20-22(27(37)40-4)23(18-6-5-17(31)9-19(18)30)34-24(33-20)25-32-7-8-43-25/h5-9,15-16,21,23H,10-14H2,1-4H3,(H,33,34)/t16-,21?,23?,29?/m1/s1. The summed E-state index contributed by atoms with van der Waals surface area (Å²) in [6, 6.07) is 2.35. The number of benzene rings is 1. The molecule has 11 nitrogen and oxygen atoms in total. The van der Waals surface area contributed by atoms with Crippen LogP contribution in [0.25, 0.3) is 0 Å². The smallest absolute Gasteiger partial charge is 0.468 e. The minimum atomic E-state index is -0.933. The monoisotopic (exact) mass is 634 g/mol. The number of amidine groups is 1. The molecule has 5 rings (SSSR count). The Balaban J connectivity index is 1.47. The number of nitrogens with zero attached hydrogens (tertiary/aromatic N) is 3.